The molecule has 3 amide bonds. The number of thioether (sulfide) groups is 2. The van der Waals surface area contributed by atoms with E-state index in [1.165, 1.54) is 18.2 Å². The first-order valence-electron chi connectivity index (χ1n) is 7.64. The third-order valence-electron chi connectivity index (χ3n) is 3.36. The fraction of sp³-hybridized carbons (Fsp3) is 0.267. The normalized spacial score (nSPS) is 15.9. The lowest BCUT2D eigenvalue weighted by Crippen LogP contribution is -2.38. The Balaban J connectivity index is 1.97. The Morgan fingerprint density at radius 3 is 2.69 bits per heavy atom. The zero-order valence-corrected chi connectivity index (χ0v) is 16.6. The summed E-state index contributed by atoms with van der Waals surface area (Å²) in [6.07, 6.45) is 1.28. The van der Waals surface area contributed by atoms with Crippen molar-refractivity contribution >= 4 is 63.9 Å². The molecule has 1 fully saturated rings. The van der Waals surface area contributed by atoms with E-state index in [-0.39, 0.29) is 34.3 Å². The molecule has 1 heterocycles. The molecule has 1 aliphatic rings. The molecular weight excluding hydrogens is 459 g/mol. The predicted molar refractivity (Wildman–Crippen MR) is 102 cm³/mol. The van der Waals surface area contributed by atoms with Crippen molar-refractivity contribution in [1.29, 1.82) is 0 Å². The average molecular weight is 470 g/mol. The fourth-order valence-corrected chi connectivity index (χ4v) is 3.56. The molecule has 1 saturated heterocycles. The lowest BCUT2D eigenvalue weighted by Gasteiger charge is -2.13. The van der Waals surface area contributed by atoms with E-state index >= 15 is 0 Å². The molecule has 8 nitrogen and oxygen atoms in total. The van der Waals surface area contributed by atoms with Crippen molar-refractivity contribution in [3.05, 3.63) is 43.8 Å². The molecule has 0 saturated carbocycles. The smallest absolute Gasteiger partial charge is 0.354 e. The number of carbonyl (C=O) groups is 3. The number of nitro benzene ring substituents is 1. The Kier molecular flexibility index (Phi) is 7.54. The number of hydrogen-bond donors (Lipinski definition) is 1. The first-order valence-corrected chi connectivity index (χ1v) is 9.82. The van der Waals surface area contributed by atoms with Crippen molar-refractivity contribution < 1.29 is 32.5 Å². The van der Waals surface area contributed by atoms with Crippen LogP contribution < -0.4 is 5.32 Å². The number of nitro groups is 1. The number of nitrogens with zero attached hydrogens (tertiary/aromatic N) is 2. The molecule has 1 aromatic rings. The summed E-state index contributed by atoms with van der Waals surface area (Å²) in [6.45, 7) is -0.444. The molecule has 1 N–H and O–H groups in total. The van der Waals surface area contributed by atoms with Gasteiger partial charge in [0.05, 0.1) is 15.6 Å². The number of amides is 3. The number of imide groups is 1. The van der Waals surface area contributed by atoms with Gasteiger partial charge in [0.1, 0.15) is 5.02 Å². The van der Waals surface area contributed by atoms with Gasteiger partial charge in [-0.05, 0) is 41.2 Å². The van der Waals surface area contributed by atoms with Gasteiger partial charge in [-0.2, -0.15) is 13.2 Å². The van der Waals surface area contributed by atoms with Gasteiger partial charge < -0.3 is 5.32 Å². The van der Waals surface area contributed by atoms with Gasteiger partial charge in [-0.3, -0.25) is 29.4 Å². The van der Waals surface area contributed by atoms with Gasteiger partial charge in [-0.1, -0.05) is 17.7 Å². The maximum absolute atomic E-state index is 12.3. The van der Waals surface area contributed by atoms with Crippen LogP contribution >= 0.6 is 35.1 Å². The van der Waals surface area contributed by atoms with E-state index in [0.29, 0.717) is 11.8 Å². The van der Waals surface area contributed by atoms with E-state index < -0.39 is 45.0 Å². The van der Waals surface area contributed by atoms with Gasteiger partial charge in [-0.25, -0.2) is 0 Å². The van der Waals surface area contributed by atoms with Crippen molar-refractivity contribution in [2.45, 2.75) is 5.51 Å². The van der Waals surface area contributed by atoms with Crippen LogP contribution in [0.5, 0.6) is 0 Å². The lowest BCUT2D eigenvalue weighted by atomic mass is 10.2. The van der Waals surface area contributed by atoms with Crippen LogP contribution in [0.25, 0.3) is 6.08 Å². The maximum atomic E-state index is 12.3. The molecule has 0 aromatic heterocycles. The SMILES string of the molecule is O=C(CSC(F)(F)F)NCCN1C(=O)S/C(=C\c2ccc(Cl)c([N+](=O)[O-])c2)C1=O. The van der Waals surface area contributed by atoms with Crippen LogP contribution in [0.2, 0.25) is 5.02 Å². The quantitative estimate of drug-likeness (QED) is 0.368. The zero-order valence-electron chi connectivity index (χ0n) is 14.2. The summed E-state index contributed by atoms with van der Waals surface area (Å²) < 4.78 is 36.1. The predicted octanol–water partition coefficient (Wildman–Crippen LogP) is 3.65. The highest BCUT2D eigenvalue weighted by Crippen LogP contribution is 2.33. The monoisotopic (exact) mass is 469 g/mol. The molecule has 0 bridgehead atoms. The highest BCUT2D eigenvalue weighted by molar-refractivity contribution is 8.18. The van der Waals surface area contributed by atoms with Crippen LogP contribution in [0.4, 0.5) is 23.7 Å². The Morgan fingerprint density at radius 2 is 2.07 bits per heavy atom. The minimum Gasteiger partial charge on any atom is -0.354 e. The first-order chi connectivity index (χ1) is 13.5. The minimum absolute atomic E-state index is 0.00516. The Morgan fingerprint density at radius 1 is 1.38 bits per heavy atom. The largest absolute Gasteiger partial charge is 0.442 e. The van der Waals surface area contributed by atoms with Crippen LogP contribution in [0.15, 0.2) is 23.1 Å². The zero-order chi connectivity index (χ0) is 21.8. The first kappa shape index (κ1) is 23.0. The third kappa shape index (κ3) is 6.65. The summed E-state index contributed by atoms with van der Waals surface area (Å²) >= 11 is 5.82. The van der Waals surface area contributed by atoms with Crippen molar-refractivity contribution in [3.8, 4) is 0 Å². The number of alkyl halides is 3. The lowest BCUT2D eigenvalue weighted by molar-refractivity contribution is -0.384. The summed E-state index contributed by atoms with van der Waals surface area (Å²) in [5.41, 5.74) is -4.62. The molecule has 156 valence electrons. The standard InChI is InChI=1S/C15H11ClF3N3O5S2/c16-9-2-1-8(5-10(9)22(26)27)6-11-13(24)21(14(25)29-11)4-3-20-12(23)7-28-15(17,18)19/h1-2,5-6H,3-4,7H2,(H,20,23)/b11-6-. The number of halogens is 4. The molecule has 0 spiro atoms. The van der Waals surface area contributed by atoms with Crippen molar-refractivity contribution in [3.63, 3.8) is 0 Å². The molecule has 0 unspecified atom stereocenters. The second kappa shape index (κ2) is 9.50. The Hall–Kier alpha value is -2.25. The molecule has 29 heavy (non-hydrogen) atoms. The van der Waals surface area contributed by atoms with E-state index in [1.54, 1.807) is 0 Å². The van der Waals surface area contributed by atoms with Gasteiger partial charge in [0.2, 0.25) is 5.91 Å². The number of benzene rings is 1. The summed E-state index contributed by atoms with van der Waals surface area (Å²) in [5.74, 6) is -2.40. The highest BCUT2D eigenvalue weighted by Gasteiger charge is 2.35. The second-order valence-corrected chi connectivity index (χ2v) is 7.83. The van der Waals surface area contributed by atoms with Crippen LogP contribution in [0.3, 0.4) is 0 Å². The van der Waals surface area contributed by atoms with Crippen molar-refractivity contribution in [1.82, 2.24) is 10.2 Å². The van der Waals surface area contributed by atoms with E-state index in [9.17, 15) is 37.7 Å². The van der Waals surface area contributed by atoms with Crippen LogP contribution in [-0.4, -0.2) is 51.2 Å². The molecule has 0 radical (unpaired) electrons. The minimum atomic E-state index is -4.54. The van der Waals surface area contributed by atoms with E-state index in [0.717, 1.165) is 11.0 Å². The van der Waals surface area contributed by atoms with Crippen LogP contribution in [0.1, 0.15) is 5.56 Å². The van der Waals surface area contributed by atoms with Gasteiger partial charge in [0, 0.05) is 19.2 Å². The molecule has 0 aliphatic carbocycles. The van der Waals surface area contributed by atoms with E-state index in [4.69, 9.17) is 11.6 Å². The number of nitrogens with one attached hydrogen (secondary N) is 1. The third-order valence-corrected chi connectivity index (χ3v) is 5.32. The highest BCUT2D eigenvalue weighted by atomic mass is 35.5. The van der Waals surface area contributed by atoms with Crippen molar-refractivity contribution in [2.24, 2.45) is 0 Å². The number of rotatable bonds is 7. The Labute approximate surface area is 175 Å². The van der Waals surface area contributed by atoms with Crippen LogP contribution in [0, 0.1) is 10.1 Å². The summed E-state index contributed by atoms with van der Waals surface area (Å²) in [4.78, 5) is 46.7. The molecule has 2 rings (SSSR count). The topological polar surface area (TPSA) is 110 Å². The van der Waals surface area contributed by atoms with Gasteiger partial charge in [0.15, 0.2) is 0 Å². The molecule has 0 atom stereocenters. The molecule has 14 heteroatoms. The summed E-state index contributed by atoms with van der Waals surface area (Å²) in [7, 11) is 0. The average Bonchev–Trinajstić information content (AvgIpc) is 2.88. The van der Waals surface area contributed by atoms with Crippen LogP contribution in [-0.2, 0) is 9.59 Å². The van der Waals surface area contributed by atoms with Gasteiger partial charge in [0.25, 0.3) is 16.8 Å². The van der Waals surface area contributed by atoms with Gasteiger partial charge in [-0.15, -0.1) is 0 Å². The fourth-order valence-electron chi connectivity index (χ4n) is 2.11. The summed E-state index contributed by atoms with van der Waals surface area (Å²) in [6, 6.07) is 3.86. The Bertz CT molecular complexity index is 894. The van der Waals surface area contributed by atoms with E-state index in [2.05, 4.69) is 5.32 Å². The van der Waals surface area contributed by atoms with Crippen molar-refractivity contribution in [2.75, 3.05) is 18.8 Å². The number of hydrogen-bond acceptors (Lipinski definition) is 7. The van der Waals surface area contributed by atoms with E-state index in [1.807, 2.05) is 0 Å². The van der Waals surface area contributed by atoms with Gasteiger partial charge >= 0.3 is 5.51 Å². The molecular formula is C15H11ClF3N3O5S2. The second-order valence-electron chi connectivity index (χ2n) is 5.39. The maximum Gasteiger partial charge on any atom is 0.442 e. The number of carbonyl (C=O) groups excluding carboxylic acids is 3. The molecule has 1 aromatic carbocycles. The summed E-state index contributed by atoms with van der Waals surface area (Å²) in [5, 5.41) is 12.4. The molecule has 1 aliphatic heterocycles.